The summed E-state index contributed by atoms with van der Waals surface area (Å²) in [5.41, 5.74) is 2.35. The Labute approximate surface area is 214 Å². The van der Waals surface area contributed by atoms with E-state index in [1.165, 1.54) is 32.9 Å². The zero-order valence-corrected chi connectivity index (χ0v) is 21.4. The number of benzene rings is 3. The monoisotopic (exact) mass is 507 g/mol. The Balaban J connectivity index is 1.64. The van der Waals surface area contributed by atoms with E-state index < -0.39 is 0 Å². The van der Waals surface area contributed by atoms with Gasteiger partial charge in [0.15, 0.2) is 11.5 Å². The summed E-state index contributed by atoms with van der Waals surface area (Å²) >= 11 is 1.42. The summed E-state index contributed by atoms with van der Waals surface area (Å²) < 4.78 is 10.5. The Morgan fingerprint density at radius 3 is 2.08 bits per heavy atom. The third kappa shape index (κ3) is 7.26. The molecule has 0 aliphatic carbocycles. The van der Waals surface area contributed by atoms with Crippen molar-refractivity contribution < 1.29 is 23.9 Å². The Bertz CT molecular complexity index is 1230. The summed E-state index contributed by atoms with van der Waals surface area (Å²) in [6.07, 6.45) is 0.614. The second kappa shape index (κ2) is 12.6. The van der Waals surface area contributed by atoms with Gasteiger partial charge in [0.1, 0.15) is 0 Å². The lowest BCUT2D eigenvalue weighted by molar-refractivity contribution is -0.116. The van der Waals surface area contributed by atoms with E-state index in [0.717, 1.165) is 4.90 Å². The molecule has 0 aliphatic heterocycles. The van der Waals surface area contributed by atoms with Crippen LogP contribution in [0.2, 0.25) is 0 Å². The molecule has 9 heteroatoms. The van der Waals surface area contributed by atoms with Crippen molar-refractivity contribution in [3.63, 3.8) is 0 Å². The number of carbonyl (C=O) groups is 3. The molecular formula is C27H29N3O5S. The van der Waals surface area contributed by atoms with Crippen molar-refractivity contribution in [1.29, 1.82) is 0 Å². The summed E-state index contributed by atoms with van der Waals surface area (Å²) in [5.74, 6) is 0.438. The zero-order chi connectivity index (χ0) is 26.1. The predicted molar refractivity (Wildman–Crippen MR) is 143 cm³/mol. The van der Waals surface area contributed by atoms with Gasteiger partial charge in [0.25, 0.3) is 5.91 Å². The van der Waals surface area contributed by atoms with E-state index in [1.54, 1.807) is 48.5 Å². The molecule has 3 amide bonds. The molecule has 1 atom stereocenters. The van der Waals surface area contributed by atoms with Gasteiger partial charge in [0.2, 0.25) is 11.8 Å². The van der Waals surface area contributed by atoms with Gasteiger partial charge in [-0.15, -0.1) is 11.8 Å². The first kappa shape index (κ1) is 26.6. The molecule has 188 valence electrons. The van der Waals surface area contributed by atoms with Crippen LogP contribution in [0.5, 0.6) is 11.5 Å². The van der Waals surface area contributed by atoms with Crippen LogP contribution >= 0.6 is 11.8 Å². The molecule has 3 aromatic rings. The smallest absolute Gasteiger partial charge is 0.255 e. The van der Waals surface area contributed by atoms with Crippen molar-refractivity contribution >= 4 is 46.5 Å². The number of amides is 3. The predicted octanol–water partition coefficient (Wildman–Crippen LogP) is 5.42. The van der Waals surface area contributed by atoms with Gasteiger partial charge < -0.3 is 25.4 Å². The number of hydrogen-bond acceptors (Lipinski definition) is 6. The third-order valence-corrected chi connectivity index (χ3v) is 6.51. The molecule has 8 nitrogen and oxygen atoms in total. The van der Waals surface area contributed by atoms with E-state index in [-0.39, 0.29) is 23.0 Å². The molecule has 36 heavy (non-hydrogen) atoms. The zero-order valence-electron chi connectivity index (χ0n) is 20.6. The lowest BCUT2D eigenvalue weighted by Gasteiger charge is -2.16. The summed E-state index contributed by atoms with van der Waals surface area (Å²) in [4.78, 5) is 37.7. The number of methoxy groups -OCH3 is 2. The second-order valence-corrected chi connectivity index (χ2v) is 9.09. The largest absolute Gasteiger partial charge is 0.493 e. The van der Waals surface area contributed by atoms with Gasteiger partial charge in [-0.1, -0.05) is 13.0 Å². The van der Waals surface area contributed by atoms with Gasteiger partial charge in [0.05, 0.1) is 19.5 Å². The van der Waals surface area contributed by atoms with Crippen LogP contribution < -0.4 is 25.4 Å². The fourth-order valence-corrected chi connectivity index (χ4v) is 4.39. The molecule has 3 aromatic carbocycles. The Morgan fingerprint density at radius 2 is 1.47 bits per heavy atom. The highest BCUT2D eigenvalue weighted by atomic mass is 32.2. The van der Waals surface area contributed by atoms with Gasteiger partial charge in [0, 0.05) is 34.4 Å². The van der Waals surface area contributed by atoms with Gasteiger partial charge in [-0.05, 0) is 67.1 Å². The van der Waals surface area contributed by atoms with Crippen molar-refractivity contribution in [3.05, 3.63) is 72.3 Å². The Hall–Kier alpha value is -3.98. The number of carbonyl (C=O) groups excluding carboxylic acids is 3. The van der Waals surface area contributed by atoms with Crippen LogP contribution in [-0.4, -0.2) is 37.2 Å². The SMILES string of the molecule is CCC(Sc1cccc(NC(=O)c2ccc(OC)c(OC)c2)c1)C(=O)Nc1ccc(NC(C)=O)cc1. The van der Waals surface area contributed by atoms with Gasteiger partial charge in [-0.2, -0.15) is 0 Å². The molecule has 0 saturated carbocycles. The van der Waals surface area contributed by atoms with E-state index in [2.05, 4.69) is 16.0 Å². The van der Waals surface area contributed by atoms with Crippen molar-refractivity contribution in [1.82, 2.24) is 0 Å². The summed E-state index contributed by atoms with van der Waals surface area (Å²) in [6, 6.07) is 19.3. The van der Waals surface area contributed by atoms with Gasteiger partial charge in [-0.3, -0.25) is 14.4 Å². The standard InChI is InChI=1S/C27H29N3O5S/c1-5-25(27(33)29-20-12-10-19(11-13-20)28-17(2)31)36-22-8-6-7-21(16-22)30-26(32)18-9-14-23(34-3)24(15-18)35-4/h6-16,25H,5H2,1-4H3,(H,28,31)(H,29,33)(H,30,32). The maximum atomic E-state index is 12.9. The van der Waals surface area contributed by atoms with Gasteiger partial charge >= 0.3 is 0 Å². The van der Waals surface area contributed by atoms with E-state index in [4.69, 9.17) is 9.47 Å². The van der Waals surface area contributed by atoms with E-state index in [9.17, 15) is 14.4 Å². The number of rotatable bonds is 10. The van der Waals surface area contributed by atoms with Crippen LogP contribution in [0.15, 0.2) is 71.6 Å². The van der Waals surface area contributed by atoms with Crippen LogP contribution in [0.25, 0.3) is 0 Å². The first-order valence-corrected chi connectivity index (χ1v) is 12.2. The lowest BCUT2D eigenvalue weighted by atomic mass is 10.2. The molecule has 3 rings (SSSR count). The average molecular weight is 508 g/mol. The van der Waals surface area contributed by atoms with Crippen LogP contribution in [0.4, 0.5) is 17.1 Å². The molecule has 3 N–H and O–H groups in total. The van der Waals surface area contributed by atoms with Gasteiger partial charge in [-0.25, -0.2) is 0 Å². The highest BCUT2D eigenvalue weighted by molar-refractivity contribution is 8.00. The first-order valence-electron chi connectivity index (χ1n) is 11.3. The van der Waals surface area contributed by atoms with Crippen molar-refractivity contribution in [2.75, 3.05) is 30.2 Å². The van der Waals surface area contributed by atoms with Crippen LogP contribution in [-0.2, 0) is 9.59 Å². The second-order valence-electron chi connectivity index (χ2n) is 7.81. The normalized spacial score (nSPS) is 11.2. The van der Waals surface area contributed by atoms with E-state index >= 15 is 0 Å². The van der Waals surface area contributed by atoms with Crippen molar-refractivity contribution in [2.45, 2.75) is 30.4 Å². The van der Waals surface area contributed by atoms with Crippen molar-refractivity contribution in [3.8, 4) is 11.5 Å². The summed E-state index contributed by atoms with van der Waals surface area (Å²) in [5, 5.41) is 8.16. The highest BCUT2D eigenvalue weighted by Gasteiger charge is 2.19. The molecule has 0 radical (unpaired) electrons. The number of nitrogens with one attached hydrogen (secondary N) is 3. The lowest BCUT2D eigenvalue weighted by Crippen LogP contribution is -2.24. The number of thioether (sulfide) groups is 1. The van der Waals surface area contributed by atoms with E-state index in [1.807, 2.05) is 25.1 Å². The molecule has 0 fully saturated rings. The minimum Gasteiger partial charge on any atom is -0.493 e. The highest BCUT2D eigenvalue weighted by Crippen LogP contribution is 2.30. The fraction of sp³-hybridized carbons (Fsp3) is 0.222. The maximum Gasteiger partial charge on any atom is 0.255 e. The maximum absolute atomic E-state index is 12.9. The van der Waals surface area contributed by atoms with Crippen LogP contribution in [0, 0.1) is 0 Å². The minimum atomic E-state index is -0.336. The molecule has 0 aliphatic rings. The third-order valence-electron chi connectivity index (χ3n) is 5.15. The minimum absolute atomic E-state index is 0.130. The summed E-state index contributed by atoms with van der Waals surface area (Å²) in [7, 11) is 3.05. The quantitative estimate of drug-likeness (QED) is 0.316. The molecule has 0 saturated heterocycles. The molecule has 0 spiro atoms. The Morgan fingerprint density at radius 1 is 0.806 bits per heavy atom. The number of hydrogen-bond donors (Lipinski definition) is 3. The van der Waals surface area contributed by atoms with Crippen LogP contribution in [0.3, 0.4) is 0 Å². The molecule has 0 bridgehead atoms. The molecule has 0 aromatic heterocycles. The number of ether oxygens (including phenoxy) is 2. The summed E-state index contributed by atoms with van der Waals surface area (Å²) in [6.45, 7) is 3.38. The Kier molecular flexibility index (Phi) is 9.35. The van der Waals surface area contributed by atoms with E-state index in [0.29, 0.717) is 40.5 Å². The van der Waals surface area contributed by atoms with Crippen molar-refractivity contribution in [2.24, 2.45) is 0 Å². The first-order chi connectivity index (χ1) is 17.3. The molecule has 0 heterocycles. The van der Waals surface area contributed by atoms with Crippen LogP contribution in [0.1, 0.15) is 30.6 Å². The average Bonchev–Trinajstić information content (AvgIpc) is 2.87. The molecular weight excluding hydrogens is 478 g/mol. The fourth-order valence-electron chi connectivity index (χ4n) is 3.38. The topological polar surface area (TPSA) is 106 Å². The molecule has 1 unspecified atom stereocenters. The number of anilines is 3.